The normalized spacial score (nSPS) is 14.6. The average molecular weight is 369 g/mol. The summed E-state index contributed by atoms with van der Waals surface area (Å²) in [5.41, 5.74) is 3.89. The fourth-order valence-corrected chi connectivity index (χ4v) is 3.45. The third-order valence-electron chi connectivity index (χ3n) is 3.56. The summed E-state index contributed by atoms with van der Waals surface area (Å²) in [6.45, 7) is 1.99. The lowest BCUT2D eigenvalue weighted by atomic mass is 9.96. The van der Waals surface area contributed by atoms with Gasteiger partial charge in [-0.3, -0.25) is 4.79 Å². The van der Waals surface area contributed by atoms with Crippen LogP contribution in [0.1, 0.15) is 34.6 Å². The fourth-order valence-electron chi connectivity index (χ4n) is 2.73. The Kier molecular flexibility index (Phi) is 3.20. The summed E-state index contributed by atoms with van der Waals surface area (Å²) in [6.07, 6.45) is 2.44. The lowest BCUT2D eigenvalue weighted by Crippen LogP contribution is -2.13. The smallest absolute Gasteiger partial charge is 0.164 e. The topological polar surface area (TPSA) is 22.0 Å². The first-order chi connectivity index (χ1) is 9.08. The standard InChI is InChI=1S/C15H13FINO/c1-9-7-11-13(3-2-4-15(11)19)18(9)14-6-5-10(16)8-12(14)17/h5-8H,2-4H2,1H3. The molecule has 0 aliphatic heterocycles. The molecule has 0 saturated heterocycles. The summed E-state index contributed by atoms with van der Waals surface area (Å²) in [4.78, 5) is 11.9. The summed E-state index contributed by atoms with van der Waals surface area (Å²) in [5, 5.41) is 0. The second-order valence-corrected chi connectivity index (χ2v) is 6.02. The quantitative estimate of drug-likeness (QED) is 0.696. The van der Waals surface area contributed by atoms with Crippen molar-refractivity contribution in [3.8, 4) is 5.69 Å². The van der Waals surface area contributed by atoms with Gasteiger partial charge in [0.2, 0.25) is 0 Å². The molecule has 19 heavy (non-hydrogen) atoms. The van der Waals surface area contributed by atoms with Crippen molar-refractivity contribution >= 4 is 28.4 Å². The second kappa shape index (κ2) is 4.74. The molecular weight excluding hydrogens is 356 g/mol. The maximum absolute atomic E-state index is 13.2. The molecule has 4 heteroatoms. The highest BCUT2D eigenvalue weighted by Gasteiger charge is 2.23. The molecule has 0 N–H and O–H groups in total. The zero-order valence-electron chi connectivity index (χ0n) is 10.5. The Bertz CT molecular complexity index is 675. The minimum atomic E-state index is -0.233. The number of ketones is 1. The van der Waals surface area contributed by atoms with Crippen molar-refractivity contribution in [2.24, 2.45) is 0 Å². The van der Waals surface area contributed by atoms with Gasteiger partial charge in [0.15, 0.2) is 5.78 Å². The molecule has 2 aromatic rings. The van der Waals surface area contributed by atoms with Crippen LogP contribution in [0, 0.1) is 16.3 Å². The fraction of sp³-hybridized carbons (Fsp3) is 0.267. The van der Waals surface area contributed by atoms with Crippen LogP contribution in [0.25, 0.3) is 5.69 Å². The van der Waals surface area contributed by atoms with Gasteiger partial charge >= 0.3 is 0 Å². The Balaban J connectivity index is 2.23. The Labute approximate surface area is 124 Å². The van der Waals surface area contributed by atoms with Gasteiger partial charge < -0.3 is 4.57 Å². The first-order valence-corrected chi connectivity index (χ1v) is 7.35. The molecule has 0 amide bonds. The average Bonchev–Trinajstić information content (AvgIpc) is 2.68. The number of nitrogens with zero attached hydrogens (tertiary/aromatic N) is 1. The summed E-state index contributed by atoms with van der Waals surface area (Å²) in [7, 11) is 0. The lowest BCUT2D eigenvalue weighted by Gasteiger charge is -2.17. The van der Waals surface area contributed by atoms with Crippen molar-refractivity contribution in [1.29, 1.82) is 0 Å². The Morgan fingerprint density at radius 1 is 1.26 bits per heavy atom. The zero-order chi connectivity index (χ0) is 13.6. The van der Waals surface area contributed by atoms with Crippen LogP contribution in [-0.2, 0) is 6.42 Å². The number of benzene rings is 1. The Hall–Kier alpha value is -1.17. The van der Waals surface area contributed by atoms with Gasteiger partial charge in [0.25, 0.3) is 0 Å². The minimum absolute atomic E-state index is 0.222. The van der Waals surface area contributed by atoms with Crippen LogP contribution in [0.2, 0.25) is 0 Å². The van der Waals surface area contributed by atoms with Crippen molar-refractivity contribution in [2.75, 3.05) is 0 Å². The summed E-state index contributed by atoms with van der Waals surface area (Å²) in [6, 6.07) is 6.72. The summed E-state index contributed by atoms with van der Waals surface area (Å²) in [5.74, 6) is -0.0110. The van der Waals surface area contributed by atoms with Crippen molar-refractivity contribution in [3.05, 3.63) is 50.6 Å². The van der Waals surface area contributed by atoms with E-state index in [0.717, 1.165) is 39.1 Å². The van der Waals surface area contributed by atoms with Crippen LogP contribution in [0.3, 0.4) is 0 Å². The molecule has 3 rings (SSSR count). The van der Waals surface area contributed by atoms with Gasteiger partial charge in [-0.05, 0) is 66.6 Å². The molecule has 1 heterocycles. The molecule has 1 aromatic heterocycles. The molecule has 1 aromatic carbocycles. The predicted molar refractivity (Wildman–Crippen MR) is 80.4 cm³/mol. The molecule has 0 fully saturated rings. The van der Waals surface area contributed by atoms with E-state index < -0.39 is 0 Å². The van der Waals surface area contributed by atoms with Crippen molar-refractivity contribution < 1.29 is 9.18 Å². The summed E-state index contributed by atoms with van der Waals surface area (Å²) < 4.78 is 16.2. The van der Waals surface area contributed by atoms with Crippen LogP contribution < -0.4 is 0 Å². The number of hydrogen-bond donors (Lipinski definition) is 0. The molecule has 1 aliphatic carbocycles. The number of fused-ring (bicyclic) bond motifs is 1. The van der Waals surface area contributed by atoms with Gasteiger partial charge in [0.05, 0.1) is 5.69 Å². The zero-order valence-corrected chi connectivity index (χ0v) is 12.7. The van der Waals surface area contributed by atoms with E-state index >= 15 is 0 Å². The highest BCUT2D eigenvalue weighted by atomic mass is 127. The maximum atomic E-state index is 13.2. The number of carbonyl (C=O) groups excluding carboxylic acids is 1. The van der Waals surface area contributed by atoms with Crippen LogP contribution in [-0.4, -0.2) is 10.4 Å². The van der Waals surface area contributed by atoms with Gasteiger partial charge in [-0.15, -0.1) is 0 Å². The maximum Gasteiger partial charge on any atom is 0.164 e. The van der Waals surface area contributed by atoms with Crippen molar-refractivity contribution in [2.45, 2.75) is 26.2 Å². The van der Waals surface area contributed by atoms with E-state index in [1.165, 1.54) is 12.1 Å². The Morgan fingerprint density at radius 2 is 2.05 bits per heavy atom. The molecule has 0 unspecified atom stereocenters. The van der Waals surface area contributed by atoms with Gasteiger partial charge in [-0.25, -0.2) is 4.39 Å². The largest absolute Gasteiger partial charge is 0.316 e. The molecule has 1 aliphatic rings. The van der Waals surface area contributed by atoms with E-state index in [1.807, 2.05) is 13.0 Å². The van der Waals surface area contributed by atoms with Gasteiger partial charge in [-0.1, -0.05) is 0 Å². The lowest BCUT2D eigenvalue weighted by molar-refractivity contribution is 0.0972. The van der Waals surface area contributed by atoms with E-state index in [-0.39, 0.29) is 11.6 Å². The molecule has 0 bridgehead atoms. The number of halogens is 2. The number of hydrogen-bond acceptors (Lipinski definition) is 1. The number of aromatic nitrogens is 1. The molecule has 0 saturated carbocycles. The third-order valence-corrected chi connectivity index (χ3v) is 4.42. The first-order valence-electron chi connectivity index (χ1n) is 6.28. The highest BCUT2D eigenvalue weighted by Crippen LogP contribution is 2.30. The van der Waals surface area contributed by atoms with Crippen molar-refractivity contribution in [1.82, 2.24) is 4.57 Å². The van der Waals surface area contributed by atoms with Crippen molar-refractivity contribution in [3.63, 3.8) is 0 Å². The number of rotatable bonds is 1. The number of Topliss-reactive ketones (excluding diaryl/α,β-unsaturated/α-hetero) is 1. The van der Waals surface area contributed by atoms with Gasteiger partial charge in [-0.2, -0.15) is 0 Å². The van der Waals surface area contributed by atoms with Crippen LogP contribution in [0.5, 0.6) is 0 Å². The SMILES string of the molecule is Cc1cc2c(n1-c1ccc(F)cc1I)CCCC2=O. The third kappa shape index (κ3) is 2.12. The van der Waals surface area contributed by atoms with Gasteiger partial charge in [0, 0.05) is 26.9 Å². The van der Waals surface area contributed by atoms with E-state index in [2.05, 4.69) is 27.2 Å². The molecule has 0 radical (unpaired) electrons. The molecule has 0 spiro atoms. The molecule has 98 valence electrons. The second-order valence-electron chi connectivity index (χ2n) is 4.85. The summed E-state index contributed by atoms with van der Waals surface area (Å²) >= 11 is 2.14. The number of aryl methyl sites for hydroxylation is 1. The van der Waals surface area contributed by atoms with E-state index in [1.54, 1.807) is 6.07 Å². The predicted octanol–water partition coefficient (Wildman–Crippen LogP) is 4.05. The number of carbonyl (C=O) groups is 1. The van der Waals surface area contributed by atoms with E-state index in [9.17, 15) is 9.18 Å². The van der Waals surface area contributed by atoms with E-state index in [4.69, 9.17) is 0 Å². The van der Waals surface area contributed by atoms with E-state index in [0.29, 0.717) is 6.42 Å². The Morgan fingerprint density at radius 3 is 2.79 bits per heavy atom. The first kappa shape index (κ1) is 12.8. The monoisotopic (exact) mass is 369 g/mol. The highest BCUT2D eigenvalue weighted by molar-refractivity contribution is 14.1. The minimum Gasteiger partial charge on any atom is -0.316 e. The van der Waals surface area contributed by atoms with Gasteiger partial charge in [0.1, 0.15) is 5.82 Å². The van der Waals surface area contributed by atoms with Crippen LogP contribution >= 0.6 is 22.6 Å². The molecule has 2 nitrogen and oxygen atoms in total. The molecule has 0 atom stereocenters. The van der Waals surface area contributed by atoms with Crippen LogP contribution in [0.4, 0.5) is 4.39 Å². The van der Waals surface area contributed by atoms with Crippen LogP contribution in [0.15, 0.2) is 24.3 Å². The molecular formula is C15H13FINO.